The number of carbonyl (C=O) groups excluding carboxylic acids is 1. The summed E-state index contributed by atoms with van der Waals surface area (Å²) in [6.45, 7) is 17.5. The summed E-state index contributed by atoms with van der Waals surface area (Å²) >= 11 is 0. The summed E-state index contributed by atoms with van der Waals surface area (Å²) in [5.41, 5.74) is 0.791. The van der Waals surface area contributed by atoms with Crippen LogP contribution in [0.5, 0.6) is 0 Å². The van der Waals surface area contributed by atoms with Gasteiger partial charge in [-0.25, -0.2) is 0 Å². The summed E-state index contributed by atoms with van der Waals surface area (Å²) in [6, 6.07) is 0. The number of esters is 1. The first kappa shape index (κ1) is 37.2. The van der Waals surface area contributed by atoms with E-state index in [1.165, 1.54) is 5.57 Å². The van der Waals surface area contributed by atoms with Crippen LogP contribution in [0.1, 0.15) is 114 Å². The normalized spacial score (nSPS) is 45.5. The Balaban J connectivity index is 1.74. The summed E-state index contributed by atoms with van der Waals surface area (Å²) in [5, 5.41) is 46.1. The standard InChI is InChI=1S/C37H60O9/c1-10-25-15-28-12-13-34(6,7)37(42)23(4)26(11-2)17-30(46-37)20-32(24(5)38)44-33(40)19-27(39)18-29-14-22(3)35(8,9)36(41,45-29)21-31(16-25)43-28/h10-13,22-24,27-32,38-39,41-42H,14-21H2,1-9H3/b13-12+,25-10?,26-11?. The van der Waals surface area contributed by atoms with Crippen LogP contribution >= 0.6 is 0 Å². The van der Waals surface area contributed by atoms with Gasteiger partial charge >= 0.3 is 5.97 Å². The smallest absolute Gasteiger partial charge is 0.308 e. The number of carbonyl (C=O) groups is 1. The van der Waals surface area contributed by atoms with Crippen LogP contribution in [0.3, 0.4) is 0 Å². The third-order valence-electron chi connectivity index (χ3n) is 11.7. The first-order valence-corrected chi connectivity index (χ1v) is 17.3. The number of allylic oxidation sites excluding steroid dienone is 2. The second kappa shape index (κ2) is 14.1. The lowest BCUT2D eigenvalue weighted by Gasteiger charge is -2.54. The lowest BCUT2D eigenvalue weighted by molar-refractivity contribution is -0.339. The molecule has 0 spiro atoms. The predicted molar refractivity (Wildman–Crippen MR) is 175 cm³/mol. The summed E-state index contributed by atoms with van der Waals surface area (Å²) in [4.78, 5) is 13.1. The molecule has 9 nitrogen and oxygen atoms in total. The van der Waals surface area contributed by atoms with Crippen LogP contribution < -0.4 is 0 Å². The van der Waals surface area contributed by atoms with Crippen LogP contribution in [0.15, 0.2) is 35.5 Å². The summed E-state index contributed by atoms with van der Waals surface area (Å²) < 4.78 is 25.3. The average molecular weight is 649 g/mol. The number of ether oxygens (including phenoxy) is 4. The molecule has 9 heteroatoms. The largest absolute Gasteiger partial charge is 0.459 e. The molecule has 0 aliphatic carbocycles. The van der Waals surface area contributed by atoms with E-state index in [4.69, 9.17) is 18.9 Å². The fourth-order valence-electron chi connectivity index (χ4n) is 7.92. The Kier molecular flexibility index (Phi) is 11.4. The molecule has 0 aromatic carbocycles. The van der Waals surface area contributed by atoms with E-state index in [-0.39, 0.29) is 49.7 Å². The summed E-state index contributed by atoms with van der Waals surface area (Å²) in [5.74, 6) is -4.02. The van der Waals surface area contributed by atoms with Crippen molar-refractivity contribution < 1.29 is 44.2 Å². The van der Waals surface area contributed by atoms with Crippen molar-refractivity contribution in [3.05, 3.63) is 35.5 Å². The summed E-state index contributed by atoms with van der Waals surface area (Å²) in [6.07, 6.45) is 6.37. The molecule has 4 aliphatic heterocycles. The Morgan fingerprint density at radius 3 is 2.24 bits per heavy atom. The van der Waals surface area contributed by atoms with Gasteiger partial charge in [-0.1, -0.05) is 77.0 Å². The molecule has 6 bridgehead atoms. The molecule has 0 amide bonds. The molecule has 0 aromatic rings. The van der Waals surface area contributed by atoms with Crippen LogP contribution in [-0.2, 0) is 23.7 Å². The Morgan fingerprint density at radius 2 is 1.61 bits per heavy atom. The third kappa shape index (κ3) is 7.66. The highest BCUT2D eigenvalue weighted by Gasteiger charge is 2.56. The molecule has 4 rings (SSSR count). The highest BCUT2D eigenvalue weighted by atomic mass is 16.6. The van der Waals surface area contributed by atoms with Crippen LogP contribution in [0.2, 0.25) is 0 Å². The minimum atomic E-state index is -1.60. The third-order valence-corrected chi connectivity index (χ3v) is 11.7. The minimum Gasteiger partial charge on any atom is -0.459 e. The molecule has 3 fully saturated rings. The van der Waals surface area contributed by atoms with E-state index in [1.807, 2.05) is 66.7 Å². The molecule has 4 aliphatic rings. The minimum absolute atomic E-state index is 0.0679. The molecular formula is C37H60O9. The zero-order valence-electron chi connectivity index (χ0n) is 29.5. The first-order valence-electron chi connectivity index (χ1n) is 17.3. The lowest BCUT2D eigenvalue weighted by Crippen LogP contribution is -2.59. The molecule has 0 radical (unpaired) electrons. The maximum absolute atomic E-state index is 13.1. The van der Waals surface area contributed by atoms with Gasteiger partial charge in [-0.15, -0.1) is 0 Å². The molecule has 46 heavy (non-hydrogen) atoms. The highest BCUT2D eigenvalue weighted by Crippen LogP contribution is 2.51. The maximum Gasteiger partial charge on any atom is 0.308 e. The Bertz CT molecular complexity index is 1170. The summed E-state index contributed by atoms with van der Waals surface area (Å²) in [7, 11) is 0. The Hall–Kier alpha value is -1.59. The van der Waals surface area contributed by atoms with E-state index in [2.05, 4.69) is 13.0 Å². The van der Waals surface area contributed by atoms with Gasteiger partial charge in [0, 0.05) is 36.0 Å². The van der Waals surface area contributed by atoms with Crippen molar-refractivity contribution in [2.24, 2.45) is 22.7 Å². The van der Waals surface area contributed by atoms with E-state index in [9.17, 15) is 25.2 Å². The van der Waals surface area contributed by atoms with E-state index < -0.39 is 58.9 Å². The van der Waals surface area contributed by atoms with Crippen molar-refractivity contribution in [3.63, 3.8) is 0 Å². The van der Waals surface area contributed by atoms with Gasteiger partial charge in [0.1, 0.15) is 6.10 Å². The molecule has 0 aromatic heterocycles. The van der Waals surface area contributed by atoms with E-state index in [1.54, 1.807) is 6.92 Å². The topological polar surface area (TPSA) is 135 Å². The molecule has 4 N–H and O–H groups in total. The predicted octanol–water partition coefficient (Wildman–Crippen LogP) is 5.49. The molecule has 262 valence electrons. The molecule has 3 saturated heterocycles. The SMILES string of the molecule is CC=C1CC2/C=C/C(C)(C)C3(O)OC(CC(=CC)C3C)CC(C(C)O)OC(=O)CC(O)CC3CC(C)C(C)(C)C(O)(CC(C1)O2)O3. The molecule has 11 unspecified atom stereocenters. The Labute approximate surface area is 276 Å². The fourth-order valence-corrected chi connectivity index (χ4v) is 7.92. The fraction of sp³-hybridized carbons (Fsp3) is 0.811. The van der Waals surface area contributed by atoms with Crippen molar-refractivity contribution in [1.29, 1.82) is 0 Å². The first-order chi connectivity index (χ1) is 21.3. The van der Waals surface area contributed by atoms with Gasteiger partial charge in [0.25, 0.3) is 0 Å². The van der Waals surface area contributed by atoms with Gasteiger partial charge in [-0.2, -0.15) is 0 Å². The van der Waals surface area contributed by atoms with Crippen LogP contribution in [0, 0.1) is 22.7 Å². The van der Waals surface area contributed by atoms with Gasteiger partial charge in [0.15, 0.2) is 11.6 Å². The van der Waals surface area contributed by atoms with E-state index in [0.29, 0.717) is 25.7 Å². The zero-order chi connectivity index (χ0) is 34.2. The van der Waals surface area contributed by atoms with Crippen molar-refractivity contribution in [1.82, 2.24) is 0 Å². The number of fused-ring (bicyclic) bond motifs is 6. The lowest BCUT2D eigenvalue weighted by atomic mass is 9.66. The number of aliphatic hydroxyl groups excluding tert-OH is 2. The second-order valence-electron chi connectivity index (χ2n) is 15.6. The van der Waals surface area contributed by atoms with Crippen molar-refractivity contribution in [2.75, 3.05) is 0 Å². The number of hydrogen-bond donors (Lipinski definition) is 4. The van der Waals surface area contributed by atoms with Crippen LogP contribution in [0.4, 0.5) is 0 Å². The van der Waals surface area contributed by atoms with Gasteiger partial charge in [-0.05, 0) is 52.4 Å². The van der Waals surface area contributed by atoms with Gasteiger partial charge in [-0.3, -0.25) is 4.79 Å². The number of hydrogen-bond acceptors (Lipinski definition) is 9. The number of rotatable bonds is 1. The quantitative estimate of drug-likeness (QED) is 0.215. The Morgan fingerprint density at radius 1 is 0.913 bits per heavy atom. The van der Waals surface area contributed by atoms with Crippen LogP contribution in [-0.4, -0.2) is 80.7 Å². The van der Waals surface area contributed by atoms with Gasteiger partial charge in [0.05, 0.1) is 43.0 Å². The van der Waals surface area contributed by atoms with Crippen LogP contribution in [0.25, 0.3) is 0 Å². The second-order valence-corrected chi connectivity index (χ2v) is 15.6. The number of aliphatic hydroxyl groups is 4. The molecular weight excluding hydrogens is 588 g/mol. The maximum atomic E-state index is 13.1. The molecule has 4 heterocycles. The van der Waals surface area contributed by atoms with Gasteiger partial charge in [0.2, 0.25) is 0 Å². The molecule has 0 saturated carbocycles. The zero-order valence-corrected chi connectivity index (χ0v) is 29.5. The van der Waals surface area contributed by atoms with Crippen molar-refractivity contribution >= 4 is 5.97 Å². The van der Waals surface area contributed by atoms with Crippen molar-refractivity contribution in [3.8, 4) is 0 Å². The highest BCUT2D eigenvalue weighted by molar-refractivity contribution is 5.70. The van der Waals surface area contributed by atoms with E-state index >= 15 is 0 Å². The monoisotopic (exact) mass is 648 g/mol. The molecule has 11 atom stereocenters. The van der Waals surface area contributed by atoms with Gasteiger partial charge < -0.3 is 39.4 Å². The average Bonchev–Trinajstić information content (AvgIpc) is 2.95. The van der Waals surface area contributed by atoms with Crippen molar-refractivity contribution in [2.45, 2.75) is 168 Å². The van der Waals surface area contributed by atoms with E-state index in [0.717, 1.165) is 5.57 Å². The number of cyclic esters (lactones) is 1.